The first-order valence-electron chi connectivity index (χ1n) is 5.12. The molecule has 0 aliphatic heterocycles. The van der Waals surface area contributed by atoms with Crippen LogP contribution in [0.15, 0.2) is 27.9 Å². The molecule has 1 aromatic carbocycles. The van der Waals surface area contributed by atoms with Gasteiger partial charge < -0.3 is 15.1 Å². The van der Waals surface area contributed by atoms with E-state index in [-0.39, 0.29) is 16.4 Å². The second-order valence-corrected chi connectivity index (χ2v) is 3.79. The number of fused-ring (bicyclic) bond motifs is 2. The molecular weight excluding hydrogens is 254 g/mol. The van der Waals surface area contributed by atoms with Gasteiger partial charge >= 0.3 is 11.6 Å². The molecule has 0 amide bonds. The number of nitro groups is 1. The van der Waals surface area contributed by atoms with Crippen LogP contribution in [0, 0.1) is 10.1 Å². The monoisotopic (exact) mass is 259 g/mol. The van der Waals surface area contributed by atoms with E-state index in [0.717, 1.165) is 0 Å². The molecule has 3 aromatic rings. The number of rotatable bonds is 1. The molecule has 9 heteroatoms. The van der Waals surface area contributed by atoms with Crippen LogP contribution in [0.2, 0.25) is 0 Å². The molecular formula is C10H5N5O4. The molecule has 0 radical (unpaired) electrons. The fourth-order valence-corrected chi connectivity index (χ4v) is 1.77. The third kappa shape index (κ3) is 1.73. The standard InChI is InChI=1S/C10H5N5O4/c16-8-5-1-4-3-11-9(15(18)19)12-6(4)2-7(5)13-10(17)14-8/h1-3H,(H2,13,14,16,17). The summed E-state index contributed by atoms with van der Waals surface area (Å²) in [5.74, 6) is -0.543. The van der Waals surface area contributed by atoms with Crippen LogP contribution >= 0.6 is 0 Å². The highest BCUT2D eigenvalue weighted by Gasteiger charge is 2.13. The summed E-state index contributed by atoms with van der Waals surface area (Å²) in [6, 6.07) is 2.86. The number of nitrogens with zero attached hydrogens (tertiary/aromatic N) is 3. The highest BCUT2D eigenvalue weighted by Crippen LogP contribution is 2.18. The van der Waals surface area contributed by atoms with E-state index < -0.39 is 22.1 Å². The van der Waals surface area contributed by atoms with Gasteiger partial charge in [0.15, 0.2) is 5.52 Å². The fraction of sp³-hybridized carbons (Fsp3) is 0. The highest BCUT2D eigenvalue weighted by molar-refractivity contribution is 5.93. The van der Waals surface area contributed by atoms with Gasteiger partial charge in [-0.3, -0.25) is 9.78 Å². The Hall–Kier alpha value is -3.10. The van der Waals surface area contributed by atoms with Crippen molar-refractivity contribution >= 4 is 27.8 Å². The van der Waals surface area contributed by atoms with Crippen molar-refractivity contribution in [1.29, 1.82) is 0 Å². The molecule has 0 aliphatic rings. The lowest BCUT2D eigenvalue weighted by atomic mass is 10.2. The number of benzene rings is 1. The predicted molar refractivity (Wildman–Crippen MR) is 64.9 cm³/mol. The van der Waals surface area contributed by atoms with Crippen LogP contribution in [0.3, 0.4) is 0 Å². The lowest BCUT2D eigenvalue weighted by molar-refractivity contribution is -0.394. The van der Waals surface area contributed by atoms with E-state index in [4.69, 9.17) is 0 Å². The lowest BCUT2D eigenvalue weighted by Gasteiger charge is -1.98. The van der Waals surface area contributed by atoms with Crippen LogP contribution in [-0.4, -0.2) is 24.9 Å². The molecule has 0 spiro atoms. The molecule has 2 aromatic heterocycles. The number of aromatic amines is 2. The summed E-state index contributed by atoms with van der Waals surface area (Å²) in [7, 11) is 0. The average molecular weight is 259 g/mol. The number of aromatic nitrogens is 4. The van der Waals surface area contributed by atoms with Crippen molar-refractivity contribution in [3.63, 3.8) is 0 Å². The zero-order valence-corrected chi connectivity index (χ0v) is 9.21. The zero-order chi connectivity index (χ0) is 13.6. The minimum atomic E-state index is -0.718. The maximum absolute atomic E-state index is 11.6. The van der Waals surface area contributed by atoms with E-state index in [0.29, 0.717) is 5.39 Å². The molecule has 3 rings (SSSR count). The smallest absolute Gasteiger partial charge is 0.390 e. The van der Waals surface area contributed by atoms with Gasteiger partial charge in [0.2, 0.25) is 0 Å². The number of hydrogen-bond acceptors (Lipinski definition) is 6. The first-order valence-corrected chi connectivity index (χ1v) is 5.12. The van der Waals surface area contributed by atoms with Gasteiger partial charge in [-0.05, 0) is 11.0 Å². The van der Waals surface area contributed by atoms with Gasteiger partial charge in [0.1, 0.15) is 6.20 Å². The number of H-pyrrole nitrogens is 2. The van der Waals surface area contributed by atoms with Crippen molar-refractivity contribution in [2.75, 3.05) is 0 Å². The Morgan fingerprint density at radius 3 is 2.74 bits per heavy atom. The maximum atomic E-state index is 11.6. The highest BCUT2D eigenvalue weighted by atomic mass is 16.6. The maximum Gasteiger partial charge on any atom is 0.469 e. The molecule has 0 fully saturated rings. The third-order valence-electron chi connectivity index (χ3n) is 2.59. The summed E-state index contributed by atoms with van der Waals surface area (Å²) in [6.07, 6.45) is 1.25. The van der Waals surface area contributed by atoms with Crippen molar-refractivity contribution in [3.8, 4) is 0 Å². The van der Waals surface area contributed by atoms with Crippen LogP contribution in [0.5, 0.6) is 0 Å². The van der Waals surface area contributed by atoms with Crippen molar-refractivity contribution in [2.45, 2.75) is 0 Å². The van der Waals surface area contributed by atoms with Gasteiger partial charge in [-0.25, -0.2) is 4.79 Å². The average Bonchev–Trinajstić information content (AvgIpc) is 2.35. The molecule has 2 N–H and O–H groups in total. The Kier molecular flexibility index (Phi) is 2.14. The summed E-state index contributed by atoms with van der Waals surface area (Å²) in [5.41, 5.74) is -0.663. The summed E-state index contributed by atoms with van der Waals surface area (Å²) in [5, 5.41) is 11.3. The molecule has 9 nitrogen and oxygen atoms in total. The van der Waals surface area contributed by atoms with Gasteiger partial charge in [0.25, 0.3) is 5.56 Å². The first kappa shape index (κ1) is 11.0. The van der Waals surface area contributed by atoms with Gasteiger partial charge in [-0.15, -0.1) is 0 Å². The summed E-state index contributed by atoms with van der Waals surface area (Å²) in [4.78, 5) is 44.5. The molecule has 0 saturated heterocycles. The molecule has 94 valence electrons. The Labute approximate surface area is 103 Å². The molecule has 0 unspecified atom stereocenters. The van der Waals surface area contributed by atoms with Crippen LogP contribution < -0.4 is 11.2 Å². The van der Waals surface area contributed by atoms with Crippen molar-refractivity contribution in [3.05, 3.63) is 49.3 Å². The SMILES string of the molecule is O=c1[nH]c(=O)c2cc3cnc([N+](=O)[O-])nc3cc2[nH]1. The second kappa shape index (κ2) is 3.70. The van der Waals surface area contributed by atoms with Crippen LogP contribution in [0.25, 0.3) is 21.8 Å². The predicted octanol–water partition coefficient (Wildman–Crippen LogP) is 0.0678. The van der Waals surface area contributed by atoms with E-state index in [1.807, 2.05) is 0 Å². The van der Waals surface area contributed by atoms with E-state index in [2.05, 4.69) is 19.9 Å². The minimum absolute atomic E-state index is 0.254. The topological polar surface area (TPSA) is 135 Å². The van der Waals surface area contributed by atoms with E-state index in [9.17, 15) is 19.7 Å². The Morgan fingerprint density at radius 2 is 2.00 bits per heavy atom. The van der Waals surface area contributed by atoms with Crippen molar-refractivity contribution < 1.29 is 4.92 Å². The fourth-order valence-electron chi connectivity index (χ4n) is 1.77. The lowest BCUT2D eigenvalue weighted by Crippen LogP contribution is -2.21. The quantitative estimate of drug-likeness (QED) is 0.360. The van der Waals surface area contributed by atoms with E-state index in [1.165, 1.54) is 18.3 Å². The molecule has 0 saturated carbocycles. The van der Waals surface area contributed by atoms with E-state index >= 15 is 0 Å². The van der Waals surface area contributed by atoms with Crippen molar-refractivity contribution in [2.24, 2.45) is 0 Å². The summed E-state index contributed by atoms with van der Waals surface area (Å²) in [6.45, 7) is 0. The number of hydrogen-bond donors (Lipinski definition) is 2. The van der Waals surface area contributed by atoms with Gasteiger partial charge in [0, 0.05) is 6.07 Å². The number of nitrogens with one attached hydrogen (secondary N) is 2. The van der Waals surface area contributed by atoms with Crippen LogP contribution in [0.4, 0.5) is 5.95 Å². The van der Waals surface area contributed by atoms with Crippen molar-refractivity contribution in [1.82, 2.24) is 19.9 Å². The molecule has 2 heterocycles. The molecule has 0 atom stereocenters. The molecule has 19 heavy (non-hydrogen) atoms. The minimum Gasteiger partial charge on any atom is -0.390 e. The second-order valence-electron chi connectivity index (χ2n) is 3.79. The Balaban J connectivity index is 2.45. The molecule has 0 bridgehead atoms. The van der Waals surface area contributed by atoms with Crippen LogP contribution in [-0.2, 0) is 0 Å². The largest absolute Gasteiger partial charge is 0.469 e. The third-order valence-corrected chi connectivity index (χ3v) is 2.59. The molecule has 0 aliphatic carbocycles. The van der Waals surface area contributed by atoms with Gasteiger partial charge in [-0.1, -0.05) is 9.97 Å². The first-order chi connectivity index (χ1) is 9.04. The Bertz CT molecular complexity index is 942. The van der Waals surface area contributed by atoms with Crippen LogP contribution in [0.1, 0.15) is 0 Å². The Morgan fingerprint density at radius 1 is 1.21 bits per heavy atom. The summed E-state index contributed by atoms with van der Waals surface area (Å²) < 4.78 is 0. The van der Waals surface area contributed by atoms with E-state index in [1.54, 1.807) is 0 Å². The summed E-state index contributed by atoms with van der Waals surface area (Å²) >= 11 is 0. The normalized spacial score (nSPS) is 10.9. The van der Waals surface area contributed by atoms with Gasteiger partial charge in [-0.2, -0.15) is 0 Å². The van der Waals surface area contributed by atoms with Gasteiger partial charge in [0.05, 0.1) is 16.3 Å². The zero-order valence-electron chi connectivity index (χ0n) is 9.21.